The lowest BCUT2D eigenvalue weighted by molar-refractivity contribution is -0.0962. The van der Waals surface area contributed by atoms with E-state index in [0.29, 0.717) is 13.2 Å². The summed E-state index contributed by atoms with van der Waals surface area (Å²) in [6.45, 7) is 3.88. The van der Waals surface area contributed by atoms with E-state index in [9.17, 15) is 0 Å². The van der Waals surface area contributed by atoms with Gasteiger partial charge in [0.1, 0.15) is 5.82 Å². The van der Waals surface area contributed by atoms with Gasteiger partial charge in [-0.15, -0.1) is 0 Å². The molecular formula is C14H23N3O2. The Balaban J connectivity index is 1.82. The summed E-state index contributed by atoms with van der Waals surface area (Å²) in [4.78, 5) is 8.66. The van der Waals surface area contributed by atoms with Gasteiger partial charge in [0, 0.05) is 33.4 Å². The Hall–Kier alpha value is -1.17. The Morgan fingerprint density at radius 2 is 2.11 bits per heavy atom. The average Bonchev–Trinajstić information content (AvgIpc) is 2.40. The van der Waals surface area contributed by atoms with Gasteiger partial charge in [-0.25, -0.2) is 4.98 Å². The van der Waals surface area contributed by atoms with E-state index in [1.54, 1.807) is 0 Å². The van der Waals surface area contributed by atoms with Crippen LogP contribution in [0.5, 0.6) is 0 Å². The molecule has 0 radical (unpaired) electrons. The van der Waals surface area contributed by atoms with Gasteiger partial charge in [-0.3, -0.25) is 4.90 Å². The molecule has 1 aliphatic heterocycles. The first kappa shape index (κ1) is 14.2. The summed E-state index contributed by atoms with van der Waals surface area (Å²) in [6.07, 6.45) is 2.12. The first-order chi connectivity index (χ1) is 9.15. The van der Waals surface area contributed by atoms with E-state index in [0.717, 1.165) is 25.5 Å². The van der Waals surface area contributed by atoms with Gasteiger partial charge in [-0.2, -0.15) is 0 Å². The van der Waals surface area contributed by atoms with Gasteiger partial charge in [-0.05, 0) is 18.7 Å². The minimum atomic E-state index is 0.188. The molecule has 0 unspecified atom stereocenters. The summed E-state index contributed by atoms with van der Waals surface area (Å²) in [7, 11) is 6.08. The van der Waals surface area contributed by atoms with E-state index in [1.807, 2.05) is 31.3 Å². The van der Waals surface area contributed by atoms with Crippen LogP contribution in [0.2, 0.25) is 0 Å². The highest BCUT2D eigenvalue weighted by Gasteiger charge is 2.16. The van der Waals surface area contributed by atoms with Crippen LogP contribution in [-0.2, 0) is 16.0 Å². The predicted octanol–water partition coefficient (Wildman–Crippen LogP) is 0.995. The van der Waals surface area contributed by atoms with Crippen molar-refractivity contribution in [3.05, 3.63) is 23.9 Å². The zero-order valence-electron chi connectivity index (χ0n) is 12.0. The Morgan fingerprint density at radius 1 is 1.26 bits per heavy atom. The largest absolute Gasteiger partial charge is 0.376 e. The third-order valence-electron chi connectivity index (χ3n) is 3.12. The molecule has 0 bridgehead atoms. The molecule has 0 amide bonds. The smallest absolute Gasteiger partial charge is 0.127 e. The standard InChI is InChI=1S/C14H23N3O2/c1-16(2)14-5-4-12(8-15-14)9-17(3)10-13-11-18-6-7-19-13/h4-5,8,13H,6-7,9-11H2,1-3H3/t13-/m0/s1. The molecule has 1 saturated heterocycles. The molecule has 0 spiro atoms. The fourth-order valence-corrected chi connectivity index (χ4v) is 2.14. The summed E-state index contributed by atoms with van der Waals surface area (Å²) in [5.41, 5.74) is 1.21. The summed E-state index contributed by atoms with van der Waals surface area (Å²) in [5, 5.41) is 0. The van der Waals surface area contributed by atoms with E-state index in [2.05, 4.69) is 23.0 Å². The topological polar surface area (TPSA) is 37.8 Å². The molecule has 0 aliphatic carbocycles. The van der Waals surface area contributed by atoms with E-state index >= 15 is 0 Å². The van der Waals surface area contributed by atoms with Crippen molar-refractivity contribution in [2.75, 3.05) is 52.4 Å². The zero-order valence-corrected chi connectivity index (χ0v) is 12.0. The maximum atomic E-state index is 5.65. The summed E-state index contributed by atoms with van der Waals surface area (Å²) in [6, 6.07) is 4.17. The lowest BCUT2D eigenvalue weighted by atomic mass is 10.2. The second kappa shape index (κ2) is 6.84. The number of pyridine rings is 1. The number of ether oxygens (including phenoxy) is 2. The number of likely N-dealkylation sites (N-methyl/N-ethyl adjacent to an activating group) is 1. The maximum absolute atomic E-state index is 5.65. The van der Waals surface area contributed by atoms with Crippen LogP contribution in [0.3, 0.4) is 0 Å². The SMILES string of the molecule is CN(Cc1ccc(N(C)C)nc1)C[C@H]1COCCO1. The molecule has 5 heteroatoms. The predicted molar refractivity (Wildman–Crippen MR) is 75.5 cm³/mol. The van der Waals surface area contributed by atoms with Crippen LogP contribution >= 0.6 is 0 Å². The second-order valence-corrected chi connectivity index (χ2v) is 5.18. The Labute approximate surface area is 115 Å². The quantitative estimate of drug-likeness (QED) is 0.794. The van der Waals surface area contributed by atoms with E-state index in [1.165, 1.54) is 5.56 Å². The van der Waals surface area contributed by atoms with Crippen molar-refractivity contribution in [2.24, 2.45) is 0 Å². The average molecular weight is 265 g/mol. The second-order valence-electron chi connectivity index (χ2n) is 5.18. The van der Waals surface area contributed by atoms with Crippen LogP contribution in [0.4, 0.5) is 5.82 Å². The van der Waals surface area contributed by atoms with Crippen molar-refractivity contribution in [3.8, 4) is 0 Å². The molecule has 1 atom stereocenters. The number of rotatable bonds is 5. The molecule has 0 aromatic carbocycles. The highest BCUT2D eigenvalue weighted by Crippen LogP contribution is 2.10. The van der Waals surface area contributed by atoms with Gasteiger partial charge in [0.05, 0.1) is 25.9 Å². The normalized spacial score (nSPS) is 19.7. The minimum Gasteiger partial charge on any atom is -0.376 e. The molecule has 1 aromatic heterocycles. The molecule has 1 aliphatic rings. The molecule has 5 nitrogen and oxygen atoms in total. The van der Waals surface area contributed by atoms with Gasteiger partial charge in [0.25, 0.3) is 0 Å². The third kappa shape index (κ3) is 4.45. The molecular weight excluding hydrogens is 242 g/mol. The molecule has 2 heterocycles. The Kier molecular flexibility index (Phi) is 5.13. The minimum absolute atomic E-state index is 0.188. The van der Waals surface area contributed by atoms with Crippen molar-refractivity contribution in [1.82, 2.24) is 9.88 Å². The maximum Gasteiger partial charge on any atom is 0.127 e. The van der Waals surface area contributed by atoms with Crippen LogP contribution in [0.25, 0.3) is 0 Å². The highest BCUT2D eigenvalue weighted by atomic mass is 16.6. The van der Waals surface area contributed by atoms with Gasteiger partial charge in [0.2, 0.25) is 0 Å². The fraction of sp³-hybridized carbons (Fsp3) is 0.643. The number of hydrogen-bond donors (Lipinski definition) is 0. The Bertz CT molecular complexity index is 375. The van der Waals surface area contributed by atoms with Crippen LogP contribution in [0.15, 0.2) is 18.3 Å². The fourth-order valence-electron chi connectivity index (χ4n) is 2.14. The molecule has 2 rings (SSSR count). The van der Waals surface area contributed by atoms with Crippen LogP contribution in [0, 0.1) is 0 Å². The monoisotopic (exact) mass is 265 g/mol. The number of aromatic nitrogens is 1. The van der Waals surface area contributed by atoms with Crippen LogP contribution < -0.4 is 4.90 Å². The van der Waals surface area contributed by atoms with Crippen molar-refractivity contribution in [3.63, 3.8) is 0 Å². The van der Waals surface area contributed by atoms with E-state index in [4.69, 9.17) is 9.47 Å². The van der Waals surface area contributed by atoms with Crippen LogP contribution in [-0.4, -0.2) is 63.5 Å². The molecule has 1 aromatic rings. The lowest BCUT2D eigenvalue weighted by Crippen LogP contribution is -2.38. The number of anilines is 1. The summed E-state index contributed by atoms with van der Waals surface area (Å²) >= 11 is 0. The first-order valence-electron chi connectivity index (χ1n) is 6.65. The van der Waals surface area contributed by atoms with Crippen LogP contribution in [0.1, 0.15) is 5.56 Å². The highest BCUT2D eigenvalue weighted by molar-refractivity contribution is 5.37. The number of hydrogen-bond acceptors (Lipinski definition) is 5. The molecule has 106 valence electrons. The van der Waals surface area contributed by atoms with Gasteiger partial charge >= 0.3 is 0 Å². The van der Waals surface area contributed by atoms with Gasteiger partial charge in [-0.1, -0.05) is 6.07 Å². The zero-order chi connectivity index (χ0) is 13.7. The van der Waals surface area contributed by atoms with Crippen molar-refractivity contribution in [2.45, 2.75) is 12.6 Å². The van der Waals surface area contributed by atoms with Crippen molar-refractivity contribution < 1.29 is 9.47 Å². The molecule has 1 fully saturated rings. The Morgan fingerprint density at radius 3 is 2.68 bits per heavy atom. The van der Waals surface area contributed by atoms with Gasteiger partial charge < -0.3 is 14.4 Å². The first-order valence-corrected chi connectivity index (χ1v) is 6.65. The molecule has 19 heavy (non-hydrogen) atoms. The van der Waals surface area contributed by atoms with E-state index in [-0.39, 0.29) is 6.10 Å². The van der Waals surface area contributed by atoms with Crippen molar-refractivity contribution in [1.29, 1.82) is 0 Å². The summed E-state index contributed by atoms with van der Waals surface area (Å²) < 4.78 is 11.1. The van der Waals surface area contributed by atoms with Gasteiger partial charge in [0.15, 0.2) is 0 Å². The van der Waals surface area contributed by atoms with Crippen molar-refractivity contribution >= 4 is 5.82 Å². The number of nitrogens with zero attached hydrogens (tertiary/aromatic N) is 3. The summed E-state index contributed by atoms with van der Waals surface area (Å²) in [5.74, 6) is 0.982. The molecule has 0 saturated carbocycles. The third-order valence-corrected chi connectivity index (χ3v) is 3.12. The lowest BCUT2D eigenvalue weighted by Gasteiger charge is -2.27. The van der Waals surface area contributed by atoms with E-state index < -0.39 is 0 Å². The molecule has 0 N–H and O–H groups in total.